The number of halogens is 1. The summed E-state index contributed by atoms with van der Waals surface area (Å²) in [7, 11) is 1.69. The molecule has 3 rings (SSSR count). The maximum Gasteiger partial charge on any atom is 0.126 e. The molecule has 0 saturated heterocycles. The Morgan fingerprint density at radius 1 is 0.960 bits per heavy atom. The van der Waals surface area contributed by atoms with Crippen LogP contribution < -0.4 is 15.8 Å². The van der Waals surface area contributed by atoms with Gasteiger partial charge in [-0.2, -0.15) is 0 Å². The Balaban J connectivity index is 1.89. The molecule has 3 aromatic carbocycles. The fraction of sp³-hybridized carbons (Fsp3) is 0.143. The molecule has 0 spiro atoms. The SMILES string of the molecule is COc1ccc(Cc2ccc(NCN)cc2)cc1-c1cccc(Cl)c1. The van der Waals surface area contributed by atoms with Crippen LogP contribution in [0.25, 0.3) is 11.1 Å². The van der Waals surface area contributed by atoms with E-state index in [9.17, 15) is 0 Å². The van der Waals surface area contributed by atoms with Gasteiger partial charge in [0, 0.05) is 16.3 Å². The second-order valence-corrected chi connectivity index (χ2v) is 6.24. The second kappa shape index (κ2) is 8.06. The van der Waals surface area contributed by atoms with Crippen LogP contribution in [0.3, 0.4) is 0 Å². The first kappa shape index (κ1) is 17.3. The van der Waals surface area contributed by atoms with Gasteiger partial charge in [-0.25, -0.2) is 0 Å². The monoisotopic (exact) mass is 352 g/mol. The van der Waals surface area contributed by atoms with Crippen LogP contribution in [0.15, 0.2) is 66.7 Å². The molecule has 0 atom stereocenters. The molecule has 0 heterocycles. The summed E-state index contributed by atoms with van der Waals surface area (Å²) in [6.45, 7) is 0.431. The highest BCUT2D eigenvalue weighted by Gasteiger charge is 2.08. The molecule has 3 N–H and O–H groups in total. The third kappa shape index (κ3) is 4.32. The molecule has 0 aliphatic carbocycles. The number of methoxy groups -OCH3 is 1. The van der Waals surface area contributed by atoms with Crippen LogP contribution in [0.2, 0.25) is 5.02 Å². The molecule has 0 saturated carbocycles. The van der Waals surface area contributed by atoms with Crippen LogP contribution in [0.5, 0.6) is 5.75 Å². The normalized spacial score (nSPS) is 10.5. The molecule has 0 aliphatic rings. The molecule has 3 aromatic rings. The maximum atomic E-state index is 6.14. The Labute approximate surface area is 153 Å². The van der Waals surface area contributed by atoms with Gasteiger partial charge in [0.05, 0.1) is 13.8 Å². The van der Waals surface area contributed by atoms with Crippen molar-refractivity contribution in [2.24, 2.45) is 5.73 Å². The Morgan fingerprint density at radius 2 is 1.72 bits per heavy atom. The lowest BCUT2D eigenvalue weighted by Gasteiger charge is -2.12. The minimum absolute atomic E-state index is 0.431. The fourth-order valence-corrected chi connectivity index (χ4v) is 3.03. The molecule has 4 heteroatoms. The first-order valence-corrected chi connectivity index (χ1v) is 8.53. The zero-order valence-corrected chi connectivity index (χ0v) is 14.9. The summed E-state index contributed by atoms with van der Waals surface area (Å²) in [5.74, 6) is 0.841. The van der Waals surface area contributed by atoms with Crippen molar-refractivity contribution in [1.82, 2.24) is 0 Å². The van der Waals surface area contributed by atoms with Crippen LogP contribution in [-0.4, -0.2) is 13.8 Å². The largest absolute Gasteiger partial charge is 0.496 e. The standard InChI is InChI=1S/C21H21ClN2O/c1-25-21-10-7-16(11-15-5-8-19(9-6-15)24-14-23)12-20(21)17-3-2-4-18(22)13-17/h2-10,12-13,24H,11,14,23H2,1H3. The van der Waals surface area contributed by atoms with E-state index in [1.165, 1.54) is 11.1 Å². The van der Waals surface area contributed by atoms with E-state index in [0.29, 0.717) is 11.7 Å². The van der Waals surface area contributed by atoms with Gasteiger partial charge >= 0.3 is 0 Å². The van der Waals surface area contributed by atoms with Crippen LogP contribution in [0.1, 0.15) is 11.1 Å². The van der Waals surface area contributed by atoms with Crippen LogP contribution >= 0.6 is 11.6 Å². The summed E-state index contributed by atoms with van der Waals surface area (Å²) in [5.41, 5.74) is 11.1. The number of anilines is 1. The van der Waals surface area contributed by atoms with E-state index in [2.05, 4.69) is 29.6 Å². The average Bonchev–Trinajstić information content (AvgIpc) is 2.63. The predicted octanol–water partition coefficient (Wildman–Crippen LogP) is 4.93. The summed E-state index contributed by atoms with van der Waals surface area (Å²) < 4.78 is 5.52. The number of ether oxygens (including phenoxy) is 1. The first-order valence-electron chi connectivity index (χ1n) is 8.15. The predicted molar refractivity (Wildman–Crippen MR) is 105 cm³/mol. The van der Waals surface area contributed by atoms with Crippen molar-refractivity contribution >= 4 is 17.3 Å². The van der Waals surface area contributed by atoms with Crippen molar-refractivity contribution in [3.05, 3.63) is 82.9 Å². The van der Waals surface area contributed by atoms with Gasteiger partial charge in [-0.3, -0.25) is 0 Å². The zero-order chi connectivity index (χ0) is 17.6. The van der Waals surface area contributed by atoms with Crippen molar-refractivity contribution in [2.75, 3.05) is 19.1 Å². The minimum Gasteiger partial charge on any atom is -0.496 e. The topological polar surface area (TPSA) is 47.3 Å². The first-order chi connectivity index (χ1) is 12.2. The number of nitrogens with two attached hydrogens (primary N) is 1. The van der Waals surface area contributed by atoms with Crippen molar-refractivity contribution in [3.8, 4) is 16.9 Å². The van der Waals surface area contributed by atoms with Gasteiger partial charge in [-0.15, -0.1) is 0 Å². The number of hydrogen-bond donors (Lipinski definition) is 2. The summed E-state index contributed by atoms with van der Waals surface area (Å²) in [5, 5.41) is 3.81. The minimum atomic E-state index is 0.431. The smallest absolute Gasteiger partial charge is 0.126 e. The number of benzene rings is 3. The van der Waals surface area contributed by atoms with Crippen molar-refractivity contribution in [2.45, 2.75) is 6.42 Å². The van der Waals surface area contributed by atoms with E-state index in [-0.39, 0.29) is 0 Å². The van der Waals surface area contributed by atoms with Crippen LogP contribution in [-0.2, 0) is 6.42 Å². The van der Waals surface area contributed by atoms with Gasteiger partial charge in [0.15, 0.2) is 0 Å². The van der Waals surface area contributed by atoms with E-state index < -0.39 is 0 Å². The van der Waals surface area contributed by atoms with Gasteiger partial charge in [0.25, 0.3) is 0 Å². The van der Waals surface area contributed by atoms with Gasteiger partial charge in [-0.05, 0) is 59.5 Å². The molecular weight excluding hydrogens is 332 g/mol. The highest BCUT2D eigenvalue weighted by Crippen LogP contribution is 2.33. The Bertz CT molecular complexity index is 847. The second-order valence-electron chi connectivity index (χ2n) is 5.80. The number of rotatable bonds is 6. The molecule has 0 aromatic heterocycles. The number of hydrogen-bond acceptors (Lipinski definition) is 3. The van der Waals surface area contributed by atoms with E-state index in [4.69, 9.17) is 22.1 Å². The van der Waals surface area contributed by atoms with Gasteiger partial charge in [0.1, 0.15) is 5.75 Å². The van der Waals surface area contributed by atoms with Gasteiger partial charge in [-0.1, -0.05) is 41.9 Å². The van der Waals surface area contributed by atoms with E-state index in [1.807, 2.05) is 42.5 Å². The molecule has 25 heavy (non-hydrogen) atoms. The molecule has 0 bridgehead atoms. The van der Waals surface area contributed by atoms with E-state index in [0.717, 1.165) is 29.0 Å². The Morgan fingerprint density at radius 3 is 2.40 bits per heavy atom. The fourth-order valence-electron chi connectivity index (χ4n) is 2.84. The highest BCUT2D eigenvalue weighted by atomic mass is 35.5. The van der Waals surface area contributed by atoms with Crippen molar-refractivity contribution in [3.63, 3.8) is 0 Å². The van der Waals surface area contributed by atoms with Crippen molar-refractivity contribution < 1.29 is 4.74 Å². The Hall–Kier alpha value is -2.49. The van der Waals surface area contributed by atoms with Crippen LogP contribution in [0.4, 0.5) is 5.69 Å². The highest BCUT2D eigenvalue weighted by molar-refractivity contribution is 6.30. The summed E-state index contributed by atoms with van der Waals surface area (Å²) in [6, 6.07) is 22.4. The molecule has 0 amide bonds. The lowest BCUT2D eigenvalue weighted by atomic mass is 9.98. The van der Waals surface area contributed by atoms with Gasteiger partial charge < -0.3 is 15.8 Å². The lowest BCUT2D eigenvalue weighted by molar-refractivity contribution is 0.416. The Kier molecular flexibility index (Phi) is 5.59. The van der Waals surface area contributed by atoms with E-state index in [1.54, 1.807) is 7.11 Å². The number of nitrogens with one attached hydrogen (secondary N) is 1. The summed E-state index contributed by atoms with van der Waals surface area (Å²) >= 11 is 6.14. The molecule has 0 aliphatic heterocycles. The molecular formula is C21H21ClN2O. The molecule has 3 nitrogen and oxygen atoms in total. The quantitative estimate of drug-likeness (QED) is 0.618. The van der Waals surface area contributed by atoms with Crippen LogP contribution in [0, 0.1) is 0 Å². The molecule has 128 valence electrons. The third-order valence-electron chi connectivity index (χ3n) is 4.07. The maximum absolute atomic E-state index is 6.14. The van der Waals surface area contributed by atoms with Gasteiger partial charge in [0.2, 0.25) is 0 Å². The molecule has 0 fully saturated rings. The molecule has 0 unspecified atom stereocenters. The summed E-state index contributed by atoms with van der Waals surface area (Å²) in [6.07, 6.45) is 0.848. The molecule has 0 radical (unpaired) electrons. The summed E-state index contributed by atoms with van der Waals surface area (Å²) in [4.78, 5) is 0. The average molecular weight is 353 g/mol. The third-order valence-corrected chi connectivity index (χ3v) is 4.30. The zero-order valence-electron chi connectivity index (χ0n) is 14.1. The lowest BCUT2D eigenvalue weighted by Crippen LogP contribution is -2.10. The van der Waals surface area contributed by atoms with E-state index >= 15 is 0 Å². The van der Waals surface area contributed by atoms with Crippen molar-refractivity contribution in [1.29, 1.82) is 0 Å².